The molecule has 0 spiro atoms. The Labute approximate surface area is 168 Å². The molecule has 8 nitrogen and oxygen atoms in total. The summed E-state index contributed by atoms with van der Waals surface area (Å²) in [5, 5.41) is 3.26. The maximum absolute atomic E-state index is 12.4. The first-order valence-corrected chi connectivity index (χ1v) is 9.37. The van der Waals surface area contributed by atoms with E-state index in [2.05, 4.69) is 20.2 Å². The van der Waals surface area contributed by atoms with Crippen molar-refractivity contribution < 1.29 is 19.0 Å². The van der Waals surface area contributed by atoms with E-state index in [9.17, 15) is 4.79 Å². The molecular formula is C19H23ClN4O4. The normalized spacial score (nSPS) is 13.9. The molecule has 28 heavy (non-hydrogen) atoms. The van der Waals surface area contributed by atoms with Crippen LogP contribution in [0, 0.1) is 6.92 Å². The van der Waals surface area contributed by atoms with Crippen LogP contribution in [0.5, 0.6) is 11.6 Å². The summed E-state index contributed by atoms with van der Waals surface area (Å²) in [5.41, 5.74) is 0.377. The number of rotatable bonds is 7. The molecule has 0 atom stereocenters. The monoisotopic (exact) mass is 406 g/mol. The van der Waals surface area contributed by atoms with E-state index in [0.717, 1.165) is 18.9 Å². The topological polar surface area (TPSA) is 85.8 Å². The van der Waals surface area contributed by atoms with Crippen molar-refractivity contribution in [1.29, 1.82) is 0 Å². The summed E-state index contributed by atoms with van der Waals surface area (Å²) in [6, 6.07) is 6.70. The highest BCUT2D eigenvalue weighted by molar-refractivity contribution is 6.31. The number of methoxy groups -OCH3 is 1. The molecule has 0 unspecified atom stereocenters. The average Bonchev–Trinajstić information content (AvgIpc) is 2.71. The first-order chi connectivity index (χ1) is 13.6. The van der Waals surface area contributed by atoms with E-state index in [1.54, 1.807) is 24.3 Å². The first kappa shape index (κ1) is 20.2. The Bertz CT molecular complexity index is 828. The van der Waals surface area contributed by atoms with Crippen LogP contribution in [0.25, 0.3) is 0 Å². The molecule has 0 radical (unpaired) electrons. The molecule has 2 aromatic rings. The fourth-order valence-corrected chi connectivity index (χ4v) is 3.00. The Hall–Kier alpha value is -2.58. The number of nitrogens with zero attached hydrogens (tertiary/aromatic N) is 3. The van der Waals surface area contributed by atoms with Crippen molar-refractivity contribution in [3.63, 3.8) is 0 Å². The third kappa shape index (κ3) is 5.24. The number of amides is 1. The fraction of sp³-hybridized carbons (Fsp3) is 0.421. The number of hydrogen-bond donors (Lipinski definition) is 1. The van der Waals surface area contributed by atoms with Gasteiger partial charge in [0.2, 0.25) is 5.88 Å². The van der Waals surface area contributed by atoms with E-state index >= 15 is 0 Å². The van der Waals surface area contributed by atoms with Gasteiger partial charge in [-0.15, -0.1) is 0 Å². The number of aromatic nitrogens is 2. The molecule has 9 heteroatoms. The second-order valence-electron chi connectivity index (χ2n) is 6.16. The predicted molar refractivity (Wildman–Crippen MR) is 106 cm³/mol. The lowest BCUT2D eigenvalue weighted by Crippen LogP contribution is -2.37. The first-order valence-electron chi connectivity index (χ1n) is 9.00. The number of nitrogens with one attached hydrogen (secondary N) is 1. The van der Waals surface area contributed by atoms with Gasteiger partial charge in [0, 0.05) is 24.2 Å². The molecule has 0 bridgehead atoms. The zero-order valence-corrected chi connectivity index (χ0v) is 16.7. The van der Waals surface area contributed by atoms with Gasteiger partial charge in [0.25, 0.3) is 5.91 Å². The van der Waals surface area contributed by atoms with E-state index in [0.29, 0.717) is 47.8 Å². The number of ether oxygens (including phenoxy) is 3. The van der Waals surface area contributed by atoms with Gasteiger partial charge in [-0.25, -0.2) is 4.98 Å². The van der Waals surface area contributed by atoms with Crippen LogP contribution in [0.4, 0.5) is 5.82 Å². The number of halogens is 1. The summed E-state index contributed by atoms with van der Waals surface area (Å²) in [6.07, 6.45) is 0. The van der Waals surface area contributed by atoms with Crippen LogP contribution in [0.2, 0.25) is 5.02 Å². The maximum Gasteiger partial charge on any atom is 0.255 e. The Morgan fingerprint density at radius 1 is 1.29 bits per heavy atom. The van der Waals surface area contributed by atoms with Crippen LogP contribution in [-0.4, -0.2) is 62.4 Å². The Morgan fingerprint density at radius 3 is 2.82 bits per heavy atom. The van der Waals surface area contributed by atoms with Crippen LogP contribution >= 0.6 is 11.6 Å². The lowest BCUT2D eigenvalue weighted by molar-refractivity contribution is 0.0943. The number of morpholine rings is 1. The van der Waals surface area contributed by atoms with Gasteiger partial charge in [-0.05, 0) is 25.1 Å². The van der Waals surface area contributed by atoms with E-state index in [1.807, 2.05) is 6.92 Å². The SMILES string of the molecule is COc1ccc(Cl)cc1C(=O)NCCOc1cc(N2CCOCC2)nc(C)n1. The van der Waals surface area contributed by atoms with Crippen LogP contribution in [0.15, 0.2) is 24.3 Å². The quantitative estimate of drug-likeness (QED) is 0.704. The molecule has 1 amide bonds. The highest BCUT2D eigenvalue weighted by Crippen LogP contribution is 2.22. The highest BCUT2D eigenvalue weighted by atomic mass is 35.5. The Kier molecular flexibility index (Phi) is 6.89. The van der Waals surface area contributed by atoms with Gasteiger partial charge in [0.05, 0.1) is 32.4 Å². The number of benzene rings is 1. The number of anilines is 1. The molecule has 1 aromatic carbocycles. The van der Waals surface area contributed by atoms with E-state index in [1.165, 1.54) is 7.11 Å². The van der Waals surface area contributed by atoms with Crippen molar-refractivity contribution in [2.45, 2.75) is 6.92 Å². The van der Waals surface area contributed by atoms with Crippen molar-refractivity contribution in [2.24, 2.45) is 0 Å². The zero-order valence-electron chi connectivity index (χ0n) is 15.9. The average molecular weight is 407 g/mol. The minimum atomic E-state index is -0.282. The minimum Gasteiger partial charge on any atom is -0.496 e. The summed E-state index contributed by atoms with van der Waals surface area (Å²) < 4.78 is 16.3. The molecule has 0 aliphatic carbocycles. The molecule has 1 aliphatic rings. The molecule has 0 saturated carbocycles. The van der Waals surface area contributed by atoms with Crippen molar-refractivity contribution in [2.75, 3.05) is 51.5 Å². The van der Waals surface area contributed by atoms with Crippen molar-refractivity contribution in [3.05, 3.63) is 40.7 Å². The summed E-state index contributed by atoms with van der Waals surface area (Å²) in [5.74, 6) is 2.11. The summed E-state index contributed by atoms with van der Waals surface area (Å²) in [6.45, 7) is 5.33. The van der Waals surface area contributed by atoms with Gasteiger partial charge in [-0.3, -0.25) is 4.79 Å². The maximum atomic E-state index is 12.4. The Morgan fingerprint density at radius 2 is 2.07 bits per heavy atom. The molecule has 150 valence electrons. The largest absolute Gasteiger partial charge is 0.496 e. The molecule has 2 heterocycles. The number of carbonyl (C=O) groups is 1. The number of hydrogen-bond acceptors (Lipinski definition) is 7. The highest BCUT2D eigenvalue weighted by Gasteiger charge is 2.15. The molecular weight excluding hydrogens is 384 g/mol. The summed E-state index contributed by atoms with van der Waals surface area (Å²) >= 11 is 5.97. The van der Waals surface area contributed by atoms with Crippen molar-refractivity contribution in [3.8, 4) is 11.6 Å². The second-order valence-corrected chi connectivity index (χ2v) is 6.60. The van der Waals surface area contributed by atoms with Crippen molar-refractivity contribution in [1.82, 2.24) is 15.3 Å². The number of aryl methyl sites for hydroxylation is 1. The van der Waals surface area contributed by atoms with Gasteiger partial charge >= 0.3 is 0 Å². The van der Waals surface area contributed by atoms with Crippen LogP contribution in [0.1, 0.15) is 16.2 Å². The molecule has 3 rings (SSSR count). The molecule has 1 N–H and O–H groups in total. The summed E-state index contributed by atoms with van der Waals surface area (Å²) in [7, 11) is 1.51. The number of carbonyl (C=O) groups excluding carboxylic acids is 1. The summed E-state index contributed by atoms with van der Waals surface area (Å²) in [4.78, 5) is 23.3. The van der Waals surface area contributed by atoms with Crippen LogP contribution in [0.3, 0.4) is 0 Å². The van der Waals surface area contributed by atoms with E-state index in [-0.39, 0.29) is 12.5 Å². The lowest BCUT2D eigenvalue weighted by atomic mass is 10.2. The van der Waals surface area contributed by atoms with E-state index < -0.39 is 0 Å². The van der Waals surface area contributed by atoms with E-state index in [4.69, 9.17) is 25.8 Å². The molecule has 1 aliphatic heterocycles. The van der Waals surface area contributed by atoms with Crippen LogP contribution < -0.4 is 19.7 Å². The molecule has 1 aromatic heterocycles. The fourth-order valence-electron chi connectivity index (χ4n) is 2.83. The second kappa shape index (κ2) is 9.57. The zero-order chi connectivity index (χ0) is 19.9. The predicted octanol–water partition coefficient (Wildman–Crippen LogP) is 2.09. The van der Waals surface area contributed by atoms with Crippen LogP contribution in [-0.2, 0) is 4.74 Å². The van der Waals surface area contributed by atoms with Gasteiger partial charge in [0.15, 0.2) is 0 Å². The third-order valence-corrected chi connectivity index (χ3v) is 4.41. The standard InChI is InChI=1S/C19H23ClN4O4/c1-13-22-17(24-6-9-27-10-7-24)12-18(23-13)28-8-5-21-19(25)15-11-14(20)3-4-16(15)26-2/h3-4,11-12H,5-10H2,1-2H3,(H,21,25). The van der Waals surface area contributed by atoms with Gasteiger partial charge < -0.3 is 24.4 Å². The van der Waals surface area contributed by atoms with Gasteiger partial charge in [-0.2, -0.15) is 4.98 Å². The minimum absolute atomic E-state index is 0.271. The van der Waals surface area contributed by atoms with Gasteiger partial charge in [-0.1, -0.05) is 11.6 Å². The molecule has 1 fully saturated rings. The smallest absolute Gasteiger partial charge is 0.255 e. The van der Waals surface area contributed by atoms with Crippen molar-refractivity contribution >= 4 is 23.3 Å². The lowest BCUT2D eigenvalue weighted by Gasteiger charge is -2.28. The third-order valence-electron chi connectivity index (χ3n) is 4.18. The Balaban J connectivity index is 1.54. The molecule has 1 saturated heterocycles. The van der Waals surface area contributed by atoms with Gasteiger partial charge in [0.1, 0.15) is 24.0 Å².